The molecule has 2 aromatic heterocycles. The van der Waals surface area contributed by atoms with E-state index in [-0.39, 0.29) is 5.43 Å². The molecule has 0 fully saturated rings. The third-order valence-electron chi connectivity index (χ3n) is 4.75. The van der Waals surface area contributed by atoms with E-state index in [1.54, 1.807) is 12.1 Å². The lowest BCUT2D eigenvalue weighted by atomic mass is 10.1. The first-order valence-electron chi connectivity index (χ1n) is 8.49. The van der Waals surface area contributed by atoms with Crippen LogP contribution >= 0.6 is 11.6 Å². The molecule has 2 aromatic carbocycles. The zero-order valence-electron chi connectivity index (χ0n) is 14.1. The van der Waals surface area contributed by atoms with Crippen molar-refractivity contribution in [3.05, 3.63) is 74.6 Å². The first kappa shape index (κ1) is 16.0. The first-order valence-corrected chi connectivity index (χ1v) is 8.87. The summed E-state index contributed by atoms with van der Waals surface area (Å²) in [6.07, 6.45) is 3.48. The van der Waals surface area contributed by atoms with Crippen LogP contribution in [0.15, 0.2) is 51.7 Å². The van der Waals surface area contributed by atoms with Gasteiger partial charge in [-0.3, -0.25) is 4.79 Å². The molecule has 0 aliphatic heterocycles. The van der Waals surface area contributed by atoms with Crippen LogP contribution in [0.4, 0.5) is 0 Å². The highest BCUT2D eigenvalue weighted by Crippen LogP contribution is 2.34. The van der Waals surface area contributed by atoms with Crippen molar-refractivity contribution in [2.75, 3.05) is 0 Å². The monoisotopic (exact) mass is 376 g/mol. The Kier molecular flexibility index (Phi) is 3.65. The average molecular weight is 377 g/mol. The number of fused-ring (bicyclic) bond motifs is 2. The molecule has 5 rings (SSSR count). The number of tetrazole rings is 1. The summed E-state index contributed by atoms with van der Waals surface area (Å²) in [6.45, 7) is 0. The molecule has 0 amide bonds. The zero-order chi connectivity index (χ0) is 18.4. The third-order valence-corrected chi connectivity index (χ3v) is 5.00. The van der Waals surface area contributed by atoms with Crippen LogP contribution in [0.3, 0.4) is 0 Å². The highest BCUT2D eigenvalue weighted by molar-refractivity contribution is 6.30. The fourth-order valence-corrected chi connectivity index (χ4v) is 3.55. The summed E-state index contributed by atoms with van der Waals surface area (Å²) in [7, 11) is 0. The Morgan fingerprint density at radius 3 is 2.74 bits per heavy atom. The summed E-state index contributed by atoms with van der Waals surface area (Å²) in [5, 5.41) is 15.0. The van der Waals surface area contributed by atoms with E-state index in [1.165, 1.54) is 0 Å². The Labute approximate surface area is 158 Å². The molecule has 7 heteroatoms. The molecule has 132 valence electrons. The van der Waals surface area contributed by atoms with Crippen molar-refractivity contribution in [3.63, 3.8) is 0 Å². The van der Waals surface area contributed by atoms with E-state index in [0.717, 1.165) is 28.7 Å². The summed E-state index contributed by atoms with van der Waals surface area (Å²) in [4.78, 5) is 13.0. The van der Waals surface area contributed by atoms with E-state index in [9.17, 15) is 4.79 Å². The minimum atomic E-state index is 0.0000746. The number of allylic oxidation sites excluding steroid dienone is 1. The summed E-state index contributed by atoms with van der Waals surface area (Å²) in [6, 6.07) is 13.0. The number of nitrogens with zero attached hydrogens (tertiary/aromatic N) is 3. The lowest BCUT2D eigenvalue weighted by molar-refractivity contribution is 0.585. The van der Waals surface area contributed by atoms with Crippen molar-refractivity contribution in [3.8, 4) is 11.4 Å². The number of hydrogen-bond donors (Lipinski definition) is 1. The Balaban J connectivity index is 1.64. The van der Waals surface area contributed by atoms with Gasteiger partial charge in [-0.2, -0.15) is 0 Å². The summed E-state index contributed by atoms with van der Waals surface area (Å²) in [5.74, 6) is 1.19. The van der Waals surface area contributed by atoms with E-state index in [1.807, 2.05) is 36.4 Å². The number of halogens is 1. The molecule has 0 saturated carbocycles. The van der Waals surface area contributed by atoms with Crippen LogP contribution in [-0.4, -0.2) is 20.6 Å². The van der Waals surface area contributed by atoms with E-state index in [4.69, 9.17) is 16.0 Å². The molecule has 0 saturated heterocycles. The zero-order valence-corrected chi connectivity index (χ0v) is 14.8. The number of benzene rings is 2. The molecule has 0 bridgehead atoms. The van der Waals surface area contributed by atoms with Gasteiger partial charge < -0.3 is 4.42 Å². The van der Waals surface area contributed by atoms with Gasteiger partial charge in [0.05, 0.1) is 5.39 Å². The second kappa shape index (κ2) is 6.17. The summed E-state index contributed by atoms with van der Waals surface area (Å²) >= 11 is 5.95. The molecule has 0 atom stereocenters. The Morgan fingerprint density at radius 1 is 1.11 bits per heavy atom. The van der Waals surface area contributed by atoms with Crippen LogP contribution in [0.1, 0.15) is 23.3 Å². The van der Waals surface area contributed by atoms with Gasteiger partial charge in [0, 0.05) is 16.1 Å². The van der Waals surface area contributed by atoms with E-state index in [0.29, 0.717) is 34.0 Å². The van der Waals surface area contributed by atoms with Gasteiger partial charge in [0.15, 0.2) is 11.3 Å². The van der Waals surface area contributed by atoms with E-state index < -0.39 is 0 Å². The molecule has 4 aromatic rings. The molecular formula is C20H13ClN4O2. The number of aromatic nitrogens is 4. The molecule has 1 aliphatic rings. The first-order chi connectivity index (χ1) is 13.2. The van der Waals surface area contributed by atoms with Crippen LogP contribution in [0.5, 0.6) is 0 Å². The van der Waals surface area contributed by atoms with E-state index in [2.05, 4.69) is 20.6 Å². The van der Waals surface area contributed by atoms with Crippen LogP contribution in [0, 0.1) is 0 Å². The largest absolute Gasteiger partial charge is 0.456 e. The minimum absolute atomic E-state index is 0.0000746. The minimum Gasteiger partial charge on any atom is -0.456 e. The van der Waals surface area contributed by atoms with Gasteiger partial charge in [0.25, 0.3) is 0 Å². The van der Waals surface area contributed by atoms with Crippen LogP contribution in [0.25, 0.3) is 34.0 Å². The van der Waals surface area contributed by atoms with Crippen molar-refractivity contribution in [1.82, 2.24) is 20.6 Å². The molecule has 27 heavy (non-hydrogen) atoms. The second-order valence-electron chi connectivity index (χ2n) is 6.42. The van der Waals surface area contributed by atoms with Crippen LogP contribution in [-0.2, 0) is 6.42 Å². The molecule has 0 spiro atoms. The Bertz CT molecular complexity index is 1240. The third kappa shape index (κ3) is 2.74. The van der Waals surface area contributed by atoms with Gasteiger partial charge in [0.1, 0.15) is 11.3 Å². The number of nitrogens with one attached hydrogen (secondary N) is 1. The normalized spacial score (nSPS) is 14.8. The lowest BCUT2D eigenvalue weighted by Gasteiger charge is -2.05. The van der Waals surface area contributed by atoms with Gasteiger partial charge in [-0.05, 0) is 70.8 Å². The molecule has 1 N–H and O–H groups in total. The topological polar surface area (TPSA) is 84.7 Å². The second-order valence-corrected chi connectivity index (χ2v) is 6.86. The SMILES string of the molecule is O=c1c2c(oc3ccc(-c4nnn[nH]4)cc13)C(=Cc1ccc(Cl)cc1)CC2. The highest BCUT2D eigenvalue weighted by Gasteiger charge is 2.24. The molecule has 0 unspecified atom stereocenters. The standard InChI is InChI=1S/C20H13ClN4O2/c21-14-5-1-11(2-6-14)9-12-3-7-15-18(26)16-10-13(20-22-24-25-23-20)4-8-17(16)27-19(12)15/h1-2,4-6,8-10H,3,7H2,(H,22,23,24,25). The number of rotatable bonds is 2. The van der Waals surface area contributed by atoms with Crippen molar-refractivity contribution in [1.29, 1.82) is 0 Å². The number of H-pyrrole nitrogens is 1. The van der Waals surface area contributed by atoms with Crippen LogP contribution < -0.4 is 5.43 Å². The van der Waals surface area contributed by atoms with Gasteiger partial charge in [-0.25, -0.2) is 5.10 Å². The molecule has 1 aliphatic carbocycles. The van der Waals surface area contributed by atoms with Crippen LogP contribution in [0.2, 0.25) is 5.02 Å². The summed E-state index contributed by atoms with van der Waals surface area (Å²) < 4.78 is 6.11. The van der Waals surface area contributed by atoms with Gasteiger partial charge >= 0.3 is 0 Å². The van der Waals surface area contributed by atoms with E-state index >= 15 is 0 Å². The fourth-order valence-electron chi connectivity index (χ4n) is 3.42. The smallest absolute Gasteiger partial charge is 0.196 e. The molecule has 6 nitrogen and oxygen atoms in total. The van der Waals surface area contributed by atoms with Crippen molar-refractivity contribution < 1.29 is 4.42 Å². The lowest BCUT2D eigenvalue weighted by Crippen LogP contribution is -2.08. The predicted octanol–water partition coefficient (Wildman–Crippen LogP) is 4.11. The summed E-state index contributed by atoms with van der Waals surface area (Å²) in [5.41, 5.74) is 4.07. The van der Waals surface area contributed by atoms with Crippen molar-refractivity contribution >= 4 is 34.2 Å². The van der Waals surface area contributed by atoms with Gasteiger partial charge in [-0.1, -0.05) is 23.7 Å². The molecule has 2 heterocycles. The Hall–Kier alpha value is -3.25. The fraction of sp³-hybridized carbons (Fsp3) is 0.100. The number of aromatic amines is 1. The van der Waals surface area contributed by atoms with Crippen molar-refractivity contribution in [2.24, 2.45) is 0 Å². The highest BCUT2D eigenvalue weighted by atomic mass is 35.5. The maximum atomic E-state index is 13.0. The maximum Gasteiger partial charge on any atom is 0.196 e. The Morgan fingerprint density at radius 2 is 1.96 bits per heavy atom. The molecular weight excluding hydrogens is 364 g/mol. The van der Waals surface area contributed by atoms with Gasteiger partial charge in [0.2, 0.25) is 0 Å². The average Bonchev–Trinajstić information content (AvgIpc) is 3.35. The quantitative estimate of drug-likeness (QED) is 0.569. The predicted molar refractivity (Wildman–Crippen MR) is 103 cm³/mol. The molecule has 0 radical (unpaired) electrons. The van der Waals surface area contributed by atoms with Crippen molar-refractivity contribution in [2.45, 2.75) is 12.8 Å². The van der Waals surface area contributed by atoms with Gasteiger partial charge in [-0.15, -0.1) is 5.10 Å². The number of hydrogen-bond acceptors (Lipinski definition) is 5. The maximum absolute atomic E-state index is 13.0.